The molecule has 0 radical (unpaired) electrons. The van der Waals surface area contributed by atoms with Crippen LogP contribution in [-0.4, -0.2) is 48.9 Å². The number of hydrogen-bond donors (Lipinski definition) is 0. The molecule has 0 aromatic carbocycles. The predicted molar refractivity (Wildman–Crippen MR) is 61.2 cm³/mol. The maximum Gasteiger partial charge on any atom is 0.322 e. The second kappa shape index (κ2) is 6.44. The molecule has 0 atom stereocenters. The number of ether oxygens (including phenoxy) is 2. The molecule has 0 aliphatic heterocycles. The lowest BCUT2D eigenvalue weighted by Crippen LogP contribution is -2.24. The molecular formula is C9H15ClN4O2. The lowest BCUT2D eigenvalue weighted by molar-refractivity contribution is 0.206. The van der Waals surface area contributed by atoms with Crippen molar-refractivity contribution in [1.82, 2.24) is 15.0 Å². The fourth-order valence-electron chi connectivity index (χ4n) is 1.01. The Balaban J connectivity index is 2.78. The van der Waals surface area contributed by atoms with Crippen molar-refractivity contribution in [3.05, 3.63) is 5.28 Å². The highest BCUT2D eigenvalue weighted by atomic mass is 35.5. The average molecular weight is 247 g/mol. The minimum atomic E-state index is 0.123. The molecule has 0 N–H and O–H groups in total. The Bertz CT molecular complexity index is 337. The van der Waals surface area contributed by atoms with Crippen molar-refractivity contribution in [2.75, 3.05) is 38.8 Å². The van der Waals surface area contributed by atoms with E-state index in [1.807, 2.05) is 18.9 Å². The van der Waals surface area contributed by atoms with Crippen molar-refractivity contribution in [2.45, 2.75) is 6.92 Å². The van der Waals surface area contributed by atoms with E-state index in [4.69, 9.17) is 21.1 Å². The summed E-state index contributed by atoms with van der Waals surface area (Å²) < 4.78 is 10.1. The minimum Gasteiger partial charge on any atom is -0.464 e. The molecule has 0 saturated heterocycles. The first kappa shape index (κ1) is 12.9. The Hall–Kier alpha value is -1.14. The fraction of sp³-hybridized carbons (Fsp3) is 0.667. The molecule has 0 aliphatic rings. The maximum absolute atomic E-state index is 5.76. The fourth-order valence-corrected chi connectivity index (χ4v) is 1.16. The van der Waals surface area contributed by atoms with Crippen LogP contribution >= 0.6 is 11.6 Å². The third kappa shape index (κ3) is 3.79. The number of methoxy groups -OCH3 is 1. The third-order valence-electron chi connectivity index (χ3n) is 1.82. The van der Waals surface area contributed by atoms with Crippen molar-refractivity contribution >= 4 is 17.5 Å². The minimum absolute atomic E-state index is 0.123. The van der Waals surface area contributed by atoms with Crippen LogP contribution in [0.5, 0.6) is 6.01 Å². The SMILES string of the molecule is CCOc1nc(Cl)nc(N(C)CCOC)n1. The van der Waals surface area contributed by atoms with E-state index in [9.17, 15) is 0 Å². The molecule has 6 nitrogen and oxygen atoms in total. The first-order valence-electron chi connectivity index (χ1n) is 4.91. The lowest BCUT2D eigenvalue weighted by Gasteiger charge is -2.16. The molecule has 0 saturated carbocycles. The summed E-state index contributed by atoms with van der Waals surface area (Å²) in [7, 11) is 3.49. The monoisotopic (exact) mass is 246 g/mol. The van der Waals surface area contributed by atoms with E-state index in [1.54, 1.807) is 7.11 Å². The van der Waals surface area contributed by atoms with E-state index in [0.29, 0.717) is 25.7 Å². The highest BCUT2D eigenvalue weighted by Gasteiger charge is 2.09. The van der Waals surface area contributed by atoms with Gasteiger partial charge in [0.15, 0.2) is 0 Å². The Labute approximate surface area is 99.6 Å². The first-order chi connectivity index (χ1) is 7.67. The van der Waals surface area contributed by atoms with Crippen molar-refractivity contribution in [1.29, 1.82) is 0 Å². The number of hydrogen-bond acceptors (Lipinski definition) is 6. The summed E-state index contributed by atoms with van der Waals surface area (Å²) in [5.74, 6) is 0.473. The van der Waals surface area contributed by atoms with Crippen LogP contribution in [0, 0.1) is 0 Å². The largest absolute Gasteiger partial charge is 0.464 e. The van der Waals surface area contributed by atoms with Crippen LogP contribution < -0.4 is 9.64 Å². The second-order valence-corrected chi connectivity index (χ2v) is 3.37. The van der Waals surface area contributed by atoms with Crippen molar-refractivity contribution in [2.24, 2.45) is 0 Å². The smallest absolute Gasteiger partial charge is 0.322 e. The number of rotatable bonds is 6. The zero-order valence-corrected chi connectivity index (χ0v) is 10.4. The van der Waals surface area contributed by atoms with Gasteiger partial charge in [-0.2, -0.15) is 15.0 Å². The second-order valence-electron chi connectivity index (χ2n) is 3.03. The van der Waals surface area contributed by atoms with Crippen LogP contribution in [0.15, 0.2) is 0 Å². The van der Waals surface area contributed by atoms with Crippen molar-refractivity contribution < 1.29 is 9.47 Å². The van der Waals surface area contributed by atoms with Gasteiger partial charge in [-0.3, -0.25) is 0 Å². The lowest BCUT2D eigenvalue weighted by atomic mass is 10.6. The first-order valence-corrected chi connectivity index (χ1v) is 5.29. The Morgan fingerprint density at radius 3 is 2.69 bits per heavy atom. The van der Waals surface area contributed by atoms with Gasteiger partial charge in [-0.1, -0.05) is 0 Å². The molecule has 0 fully saturated rings. The van der Waals surface area contributed by atoms with E-state index in [1.165, 1.54) is 0 Å². The zero-order valence-electron chi connectivity index (χ0n) is 9.60. The van der Waals surface area contributed by atoms with E-state index in [-0.39, 0.29) is 11.3 Å². The van der Waals surface area contributed by atoms with Gasteiger partial charge >= 0.3 is 6.01 Å². The van der Waals surface area contributed by atoms with E-state index < -0.39 is 0 Å². The predicted octanol–water partition coefficient (Wildman–Crippen LogP) is 1.01. The van der Waals surface area contributed by atoms with Gasteiger partial charge < -0.3 is 14.4 Å². The number of halogens is 1. The topological polar surface area (TPSA) is 60.4 Å². The number of nitrogens with zero attached hydrogens (tertiary/aromatic N) is 4. The van der Waals surface area contributed by atoms with Crippen LogP contribution in [-0.2, 0) is 4.74 Å². The molecule has 1 aromatic rings. The normalized spacial score (nSPS) is 10.2. The molecule has 0 amide bonds. The van der Waals surface area contributed by atoms with Gasteiger partial charge in [0.05, 0.1) is 13.2 Å². The maximum atomic E-state index is 5.76. The van der Waals surface area contributed by atoms with E-state index >= 15 is 0 Å². The van der Waals surface area contributed by atoms with Crippen LogP contribution in [0.4, 0.5) is 5.95 Å². The molecular weight excluding hydrogens is 232 g/mol. The quantitative estimate of drug-likeness (QED) is 0.747. The van der Waals surface area contributed by atoms with Gasteiger partial charge in [0.2, 0.25) is 11.2 Å². The van der Waals surface area contributed by atoms with Gasteiger partial charge in [-0.15, -0.1) is 0 Å². The molecule has 0 bridgehead atoms. The molecule has 7 heteroatoms. The highest BCUT2D eigenvalue weighted by Crippen LogP contribution is 2.13. The van der Waals surface area contributed by atoms with E-state index in [2.05, 4.69) is 15.0 Å². The summed E-state index contributed by atoms with van der Waals surface area (Å²) in [6.07, 6.45) is 0. The average Bonchev–Trinajstić information content (AvgIpc) is 2.25. The number of likely N-dealkylation sites (N-methyl/N-ethyl adjacent to an activating group) is 1. The summed E-state index contributed by atoms with van der Waals surface area (Å²) in [5, 5.41) is 0.123. The van der Waals surface area contributed by atoms with Gasteiger partial charge in [-0.25, -0.2) is 0 Å². The summed E-state index contributed by atoms with van der Waals surface area (Å²) in [5.41, 5.74) is 0. The Morgan fingerprint density at radius 2 is 2.06 bits per heavy atom. The van der Waals surface area contributed by atoms with Crippen LogP contribution in [0.1, 0.15) is 6.92 Å². The number of anilines is 1. The zero-order chi connectivity index (χ0) is 12.0. The summed E-state index contributed by atoms with van der Waals surface area (Å²) >= 11 is 5.76. The van der Waals surface area contributed by atoms with Gasteiger partial charge in [-0.05, 0) is 18.5 Å². The number of aromatic nitrogens is 3. The molecule has 1 rings (SSSR count). The highest BCUT2D eigenvalue weighted by molar-refractivity contribution is 6.28. The summed E-state index contributed by atoms with van der Waals surface area (Å²) in [4.78, 5) is 13.8. The molecule has 1 aromatic heterocycles. The summed E-state index contributed by atoms with van der Waals surface area (Å²) in [6.45, 7) is 3.60. The van der Waals surface area contributed by atoms with Gasteiger partial charge in [0.1, 0.15) is 0 Å². The van der Waals surface area contributed by atoms with Crippen molar-refractivity contribution in [3.8, 4) is 6.01 Å². The van der Waals surface area contributed by atoms with E-state index in [0.717, 1.165) is 0 Å². The Kier molecular flexibility index (Phi) is 5.21. The third-order valence-corrected chi connectivity index (χ3v) is 1.99. The molecule has 0 aliphatic carbocycles. The Morgan fingerprint density at radius 1 is 1.31 bits per heavy atom. The van der Waals surface area contributed by atoms with Crippen molar-refractivity contribution in [3.63, 3.8) is 0 Å². The molecule has 90 valence electrons. The standard InChI is InChI=1S/C9H15ClN4O2/c1-4-16-9-12-7(10)11-8(13-9)14(2)5-6-15-3/h4-6H2,1-3H3. The molecule has 0 unspecified atom stereocenters. The molecule has 0 spiro atoms. The van der Waals surface area contributed by atoms with Gasteiger partial charge in [0.25, 0.3) is 0 Å². The van der Waals surface area contributed by atoms with Crippen LogP contribution in [0.25, 0.3) is 0 Å². The molecule has 16 heavy (non-hydrogen) atoms. The van der Waals surface area contributed by atoms with Gasteiger partial charge in [0, 0.05) is 20.7 Å². The van der Waals surface area contributed by atoms with Crippen LogP contribution in [0.3, 0.4) is 0 Å². The summed E-state index contributed by atoms with van der Waals surface area (Å²) in [6, 6.07) is 0.238. The van der Waals surface area contributed by atoms with Crippen LogP contribution in [0.2, 0.25) is 5.28 Å². The molecule has 1 heterocycles.